The van der Waals surface area contributed by atoms with Gasteiger partial charge in [-0.1, -0.05) is 18.2 Å². The van der Waals surface area contributed by atoms with Crippen molar-refractivity contribution in [1.29, 1.82) is 0 Å². The van der Waals surface area contributed by atoms with Crippen LogP contribution in [0.5, 0.6) is 0 Å². The zero-order valence-corrected chi connectivity index (χ0v) is 8.84. The van der Waals surface area contributed by atoms with Gasteiger partial charge in [0, 0.05) is 6.42 Å². The summed E-state index contributed by atoms with van der Waals surface area (Å²) in [6, 6.07) is 6.19. The van der Waals surface area contributed by atoms with Crippen molar-refractivity contribution in [3.8, 4) is 0 Å². The van der Waals surface area contributed by atoms with Crippen molar-refractivity contribution in [3.63, 3.8) is 0 Å². The Morgan fingerprint density at radius 2 is 2.07 bits per heavy atom. The van der Waals surface area contributed by atoms with E-state index >= 15 is 0 Å². The van der Waals surface area contributed by atoms with E-state index in [4.69, 9.17) is 5.73 Å². The Bertz CT molecular complexity index is 331. The average Bonchev–Trinajstić information content (AvgIpc) is 2.20. The molecule has 0 saturated heterocycles. The maximum absolute atomic E-state index is 11.1. The zero-order valence-electron chi connectivity index (χ0n) is 8.84. The number of carbonyl (C=O) groups excluding carboxylic acids is 1. The third-order valence-corrected chi connectivity index (χ3v) is 2.62. The van der Waals surface area contributed by atoms with Crippen LogP contribution in [0, 0.1) is 13.8 Å². The summed E-state index contributed by atoms with van der Waals surface area (Å²) in [7, 11) is 0. The van der Waals surface area contributed by atoms with E-state index in [2.05, 4.69) is 26.0 Å². The monoisotopic (exact) mass is 191 g/mol. The molecular weight excluding hydrogens is 174 g/mol. The highest BCUT2D eigenvalue weighted by Crippen LogP contribution is 2.14. The smallest absolute Gasteiger partial charge is 0.146 e. The Labute approximate surface area is 85.1 Å². The first-order valence-electron chi connectivity index (χ1n) is 4.92. The highest BCUT2D eigenvalue weighted by molar-refractivity contribution is 5.80. The SMILES string of the molecule is Cc1cccc(CCC(=O)CN)c1C. The molecule has 0 amide bonds. The lowest BCUT2D eigenvalue weighted by atomic mass is 9.99. The molecule has 2 N–H and O–H groups in total. The lowest BCUT2D eigenvalue weighted by Crippen LogP contribution is -2.14. The summed E-state index contributed by atoms with van der Waals surface area (Å²) in [4.78, 5) is 11.1. The van der Waals surface area contributed by atoms with Crippen molar-refractivity contribution >= 4 is 5.78 Å². The molecule has 0 aliphatic carbocycles. The molecule has 76 valence electrons. The summed E-state index contributed by atoms with van der Waals surface area (Å²) in [5.41, 5.74) is 9.08. The average molecular weight is 191 g/mol. The van der Waals surface area contributed by atoms with E-state index in [0.29, 0.717) is 6.42 Å². The van der Waals surface area contributed by atoms with E-state index in [1.165, 1.54) is 16.7 Å². The van der Waals surface area contributed by atoms with Gasteiger partial charge in [0.1, 0.15) is 5.78 Å². The topological polar surface area (TPSA) is 43.1 Å². The number of Topliss-reactive ketones (excluding diaryl/α,β-unsaturated/α-hetero) is 1. The van der Waals surface area contributed by atoms with Gasteiger partial charge in [-0.15, -0.1) is 0 Å². The number of hydrogen-bond donors (Lipinski definition) is 1. The Balaban J connectivity index is 2.68. The predicted molar refractivity (Wildman–Crippen MR) is 58.3 cm³/mol. The molecule has 1 aromatic rings. The molecule has 0 spiro atoms. The van der Waals surface area contributed by atoms with Gasteiger partial charge in [-0.05, 0) is 37.0 Å². The van der Waals surface area contributed by atoms with E-state index in [1.54, 1.807) is 0 Å². The summed E-state index contributed by atoms with van der Waals surface area (Å²) < 4.78 is 0. The Kier molecular flexibility index (Phi) is 3.84. The van der Waals surface area contributed by atoms with Gasteiger partial charge in [0.25, 0.3) is 0 Å². The molecule has 0 fully saturated rings. The lowest BCUT2D eigenvalue weighted by Gasteiger charge is -2.07. The number of rotatable bonds is 4. The molecule has 2 nitrogen and oxygen atoms in total. The van der Waals surface area contributed by atoms with E-state index in [1.807, 2.05) is 6.07 Å². The van der Waals surface area contributed by atoms with Gasteiger partial charge in [-0.25, -0.2) is 0 Å². The molecule has 0 atom stereocenters. The van der Waals surface area contributed by atoms with Crippen LogP contribution < -0.4 is 5.73 Å². The molecule has 0 radical (unpaired) electrons. The highest BCUT2D eigenvalue weighted by Gasteiger charge is 2.03. The number of nitrogens with two attached hydrogens (primary N) is 1. The van der Waals surface area contributed by atoms with Gasteiger partial charge in [0.05, 0.1) is 6.54 Å². The molecule has 0 aromatic heterocycles. The summed E-state index contributed by atoms with van der Waals surface area (Å²) >= 11 is 0. The number of aryl methyl sites for hydroxylation is 2. The molecular formula is C12H17NO. The summed E-state index contributed by atoms with van der Waals surface area (Å²) in [5.74, 6) is 0.130. The largest absolute Gasteiger partial charge is 0.324 e. The molecule has 0 saturated carbocycles. The van der Waals surface area contributed by atoms with Gasteiger partial charge < -0.3 is 5.73 Å². The van der Waals surface area contributed by atoms with Crippen LogP contribution in [0.2, 0.25) is 0 Å². The van der Waals surface area contributed by atoms with Crippen LogP contribution in [0.3, 0.4) is 0 Å². The third kappa shape index (κ3) is 2.67. The summed E-state index contributed by atoms with van der Waals surface area (Å²) in [5, 5.41) is 0. The van der Waals surface area contributed by atoms with E-state index in [0.717, 1.165) is 6.42 Å². The normalized spacial score (nSPS) is 10.2. The first-order valence-corrected chi connectivity index (χ1v) is 4.92. The summed E-state index contributed by atoms with van der Waals surface area (Å²) in [6.45, 7) is 4.34. The fourth-order valence-electron chi connectivity index (χ4n) is 1.46. The number of hydrogen-bond acceptors (Lipinski definition) is 2. The van der Waals surface area contributed by atoms with Crippen molar-refractivity contribution < 1.29 is 4.79 Å². The van der Waals surface area contributed by atoms with Crippen LogP contribution >= 0.6 is 0 Å². The Morgan fingerprint density at radius 3 is 2.71 bits per heavy atom. The lowest BCUT2D eigenvalue weighted by molar-refractivity contribution is -0.117. The van der Waals surface area contributed by atoms with E-state index in [-0.39, 0.29) is 12.3 Å². The minimum absolute atomic E-state index is 0.130. The van der Waals surface area contributed by atoms with Crippen LogP contribution in [0.4, 0.5) is 0 Å². The molecule has 0 aliphatic heterocycles. The van der Waals surface area contributed by atoms with Crippen molar-refractivity contribution in [1.82, 2.24) is 0 Å². The maximum atomic E-state index is 11.1. The van der Waals surface area contributed by atoms with Crippen molar-refractivity contribution in [2.75, 3.05) is 6.54 Å². The fourth-order valence-corrected chi connectivity index (χ4v) is 1.46. The minimum Gasteiger partial charge on any atom is -0.324 e. The quantitative estimate of drug-likeness (QED) is 0.788. The molecule has 1 rings (SSSR count). The second-order valence-corrected chi connectivity index (χ2v) is 3.60. The van der Waals surface area contributed by atoms with Crippen LogP contribution in [0.15, 0.2) is 18.2 Å². The van der Waals surface area contributed by atoms with Gasteiger partial charge in [0.15, 0.2) is 0 Å². The van der Waals surface area contributed by atoms with E-state index < -0.39 is 0 Å². The maximum Gasteiger partial charge on any atom is 0.146 e. The second-order valence-electron chi connectivity index (χ2n) is 3.60. The molecule has 0 unspecified atom stereocenters. The Hall–Kier alpha value is -1.15. The minimum atomic E-state index is 0.130. The third-order valence-electron chi connectivity index (χ3n) is 2.62. The van der Waals surface area contributed by atoms with Crippen LogP contribution in [0.1, 0.15) is 23.1 Å². The summed E-state index contributed by atoms with van der Waals surface area (Å²) in [6.07, 6.45) is 1.37. The predicted octanol–water partition coefficient (Wildman–Crippen LogP) is 1.76. The number of ketones is 1. The van der Waals surface area contributed by atoms with E-state index in [9.17, 15) is 4.79 Å². The van der Waals surface area contributed by atoms with Gasteiger partial charge in [0.2, 0.25) is 0 Å². The first-order chi connectivity index (χ1) is 6.65. The van der Waals surface area contributed by atoms with Gasteiger partial charge in [-0.3, -0.25) is 4.79 Å². The molecule has 0 bridgehead atoms. The second kappa shape index (κ2) is 4.91. The zero-order chi connectivity index (χ0) is 10.6. The molecule has 1 aromatic carbocycles. The fraction of sp³-hybridized carbons (Fsp3) is 0.417. The first kappa shape index (κ1) is 10.9. The molecule has 0 aliphatic rings. The van der Waals surface area contributed by atoms with Crippen molar-refractivity contribution in [3.05, 3.63) is 34.9 Å². The molecule has 14 heavy (non-hydrogen) atoms. The van der Waals surface area contributed by atoms with Crippen LogP contribution in [-0.2, 0) is 11.2 Å². The highest BCUT2D eigenvalue weighted by atomic mass is 16.1. The van der Waals surface area contributed by atoms with Crippen LogP contribution in [0.25, 0.3) is 0 Å². The number of benzene rings is 1. The molecule has 0 heterocycles. The van der Waals surface area contributed by atoms with Gasteiger partial charge >= 0.3 is 0 Å². The standard InChI is InChI=1S/C12H17NO/c1-9-4-3-5-11(10(9)2)6-7-12(14)8-13/h3-5H,6-8,13H2,1-2H3. The number of carbonyl (C=O) groups is 1. The van der Waals surface area contributed by atoms with Crippen molar-refractivity contribution in [2.24, 2.45) is 5.73 Å². The van der Waals surface area contributed by atoms with Crippen molar-refractivity contribution in [2.45, 2.75) is 26.7 Å². The van der Waals surface area contributed by atoms with Crippen LogP contribution in [-0.4, -0.2) is 12.3 Å². The molecule has 2 heteroatoms. The van der Waals surface area contributed by atoms with Gasteiger partial charge in [-0.2, -0.15) is 0 Å². The Morgan fingerprint density at radius 1 is 1.36 bits per heavy atom.